The van der Waals surface area contributed by atoms with E-state index in [0.717, 1.165) is 10.8 Å². The molecule has 7 nitrogen and oxygen atoms in total. The molecule has 0 bridgehead atoms. The van der Waals surface area contributed by atoms with Crippen molar-refractivity contribution < 1.29 is 18.9 Å². The number of nitrogens with one attached hydrogen (secondary N) is 1. The zero-order valence-corrected chi connectivity index (χ0v) is 18.0. The second-order valence-corrected chi connectivity index (χ2v) is 9.31. The molecule has 4 rings (SSSR count). The average Bonchev–Trinajstić information content (AvgIpc) is 2.75. The number of aromatic nitrogens is 1. The molecule has 4 aromatic rings. The van der Waals surface area contributed by atoms with Crippen LogP contribution in [0.4, 0.5) is 17.2 Å². The van der Waals surface area contributed by atoms with Gasteiger partial charge in [0.15, 0.2) is 0 Å². The highest BCUT2D eigenvalue weighted by Crippen LogP contribution is 2.39. The lowest BCUT2D eigenvalue weighted by Gasteiger charge is -2.14. The number of nitrogen functional groups attached to an aromatic ring is 1. The van der Waals surface area contributed by atoms with Crippen LogP contribution in [0, 0.1) is 0 Å². The Kier molecular flexibility index (Phi) is 5.55. The predicted molar refractivity (Wildman–Crippen MR) is 124 cm³/mol. The minimum absolute atomic E-state index is 0.265. The molecule has 31 heavy (non-hydrogen) atoms. The molecule has 0 amide bonds. The number of rotatable bonds is 6. The van der Waals surface area contributed by atoms with Crippen LogP contribution < -0.4 is 25.8 Å². The van der Waals surface area contributed by atoms with Gasteiger partial charge in [-0.2, -0.15) is 0 Å². The van der Waals surface area contributed by atoms with Gasteiger partial charge in [0, 0.05) is 47.1 Å². The first kappa shape index (κ1) is 20.7. The van der Waals surface area contributed by atoms with Gasteiger partial charge in [-0.25, -0.2) is 4.98 Å². The van der Waals surface area contributed by atoms with Crippen LogP contribution in [0.5, 0.6) is 17.2 Å². The third-order valence-corrected chi connectivity index (χ3v) is 6.04. The minimum atomic E-state index is -3.44. The van der Waals surface area contributed by atoms with Gasteiger partial charge in [0.25, 0.3) is 0 Å². The molecule has 0 radical (unpaired) electrons. The Hall–Kier alpha value is -3.54. The van der Waals surface area contributed by atoms with Gasteiger partial charge in [-0.05, 0) is 30.3 Å². The van der Waals surface area contributed by atoms with Gasteiger partial charge in [-0.3, -0.25) is 4.57 Å². The summed E-state index contributed by atoms with van der Waals surface area (Å²) < 4.78 is 23.4. The lowest BCUT2D eigenvalue weighted by atomic mass is 10.1. The lowest BCUT2D eigenvalue weighted by Crippen LogP contribution is -2.08. The highest BCUT2D eigenvalue weighted by Gasteiger charge is 2.19. The predicted octanol–water partition coefficient (Wildman–Crippen LogP) is 4.89. The third-order valence-electron chi connectivity index (χ3n) is 4.78. The maximum absolute atomic E-state index is 12.0. The molecule has 1 atom stereocenters. The molecule has 0 spiro atoms. The number of nitrogens with zero attached hydrogens (tertiary/aromatic N) is 1. The van der Waals surface area contributed by atoms with Gasteiger partial charge in [0.1, 0.15) is 23.1 Å². The number of ether oxygens (including phenoxy) is 2. The molecule has 1 unspecified atom stereocenters. The summed E-state index contributed by atoms with van der Waals surface area (Å²) in [6.07, 6.45) is 1.64. The second-order valence-electron chi connectivity index (χ2n) is 7.07. The molecule has 3 aromatic carbocycles. The Bertz CT molecular complexity index is 1300. The molecule has 0 saturated carbocycles. The Morgan fingerprint density at radius 2 is 1.77 bits per heavy atom. The molecule has 0 saturated heterocycles. The Morgan fingerprint density at radius 3 is 2.52 bits per heavy atom. The normalized spacial score (nSPS) is 12.9. The largest absolute Gasteiger partial charge is 0.496 e. The Labute approximate surface area is 179 Å². The first-order chi connectivity index (χ1) is 14.8. The molecule has 4 N–H and O–H groups in total. The van der Waals surface area contributed by atoms with Gasteiger partial charge in [-0.1, -0.05) is 24.3 Å². The fourth-order valence-corrected chi connectivity index (χ4v) is 4.22. The topological polar surface area (TPSA) is 107 Å². The van der Waals surface area contributed by atoms with Crippen molar-refractivity contribution in [2.45, 2.75) is 0 Å². The lowest BCUT2D eigenvalue weighted by molar-refractivity contribution is 0.416. The molecule has 1 aromatic heterocycles. The maximum atomic E-state index is 12.0. The van der Waals surface area contributed by atoms with E-state index >= 15 is 0 Å². The first-order valence-corrected chi connectivity index (χ1v) is 11.6. The van der Waals surface area contributed by atoms with E-state index in [9.17, 15) is 9.46 Å². The second kappa shape index (κ2) is 8.30. The fraction of sp³-hybridized carbons (Fsp3) is 0.0870. The molecule has 0 aliphatic rings. The molecular weight excluding hydrogens is 413 g/mol. The summed E-state index contributed by atoms with van der Waals surface area (Å²) in [4.78, 5) is 14.2. The van der Waals surface area contributed by atoms with E-state index in [0.29, 0.717) is 34.4 Å². The SMILES string of the molecule is COc1cc(Nc2cc(Oc3ccc(N)c4ccccc34)ccn2)ccc1P(C)(=O)O. The molecule has 8 heteroatoms. The number of methoxy groups -OCH3 is 1. The summed E-state index contributed by atoms with van der Waals surface area (Å²) in [6, 6.07) is 19.9. The summed E-state index contributed by atoms with van der Waals surface area (Å²) in [7, 11) is -1.98. The molecule has 158 valence electrons. The first-order valence-electron chi connectivity index (χ1n) is 9.52. The van der Waals surface area contributed by atoms with Crippen LogP contribution in [0.25, 0.3) is 10.8 Å². The smallest absolute Gasteiger partial charge is 0.230 e. The molecule has 0 fully saturated rings. The molecule has 0 aliphatic carbocycles. The summed E-state index contributed by atoms with van der Waals surface area (Å²) >= 11 is 0. The number of pyridine rings is 1. The van der Waals surface area contributed by atoms with E-state index in [1.807, 2.05) is 36.4 Å². The van der Waals surface area contributed by atoms with Crippen molar-refractivity contribution in [1.82, 2.24) is 4.98 Å². The van der Waals surface area contributed by atoms with E-state index in [-0.39, 0.29) is 5.30 Å². The summed E-state index contributed by atoms with van der Waals surface area (Å²) in [6.45, 7) is 1.28. The number of anilines is 3. The number of hydrogen-bond donors (Lipinski definition) is 3. The van der Waals surface area contributed by atoms with Crippen LogP contribution in [0.3, 0.4) is 0 Å². The van der Waals surface area contributed by atoms with E-state index in [1.165, 1.54) is 13.8 Å². The van der Waals surface area contributed by atoms with Gasteiger partial charge < -0.3 is 25.4 Å². The number of benzene rings is 3. The quantitative estimate of drug-likeness (QED) is 0.292. The van der Waals surface area contributed by atoms with Crippen LogP contribution >= 0.6 is 7.37 Å². The molecule has 0 aliphatic heterocycles. The zero-order chi connectivity index (χ0) is 22.0. The van der Waals surface area contributed by atoms with Crippen LogP contribution in [0.15, 0.2) is 72.9 Å². The van der Waals surface area contributed by atoms with Crippen LogP contribution in [-0.2, 0) is 4.57 Å². The van der Waals surface area contributed by atoms with Crippen LogP contribution in [0.2, 0.25) is 0 Å². The number of fused-ring (bicyclic) bond motifs is 1. The number of hydrogen-bond acceptors (Lipinski definition) is 6. The summed E-state index contributed by atoms with van der Waals surface area (Å²) in [5.74, 6) is 2.17. The minimum Gasteiger partial charge on any atom is -0.496 e. The summed E-state index contributed by atoms with van der Waals surface area (Å²) in [5, 5.41) is 5.28. The maximum Gasteiger partial charge on any atom is 0.230 e. The third kappa shape index (κ3) is 4.48. The fourth-order valence-electron chi connectivity index (χ4n) is 3.30. The van der Waals surface area contributed by atoms with Crippen molar-refractivity contribution in [2.24, 2.45) is 0 Å². The Balaban J connectivity index is 1.60. The summed E-state index contributed by atoms with van der Waals surface area (Å²) in [5.41, 5.74) is 7.43. The molecule has 1 heterocycles. The van der Waals surface area contributed by atoms with Crippen LogP contribution in [0.1, 0.15) is 0 Å². The van der Waals surface area contributed by atoms with Crippen molar-refractivity contribution in [3.8, 4) is 17.2 Å². The van der Waals surface area contributed by atoms with Crippen molar-refractivity contribution in [2.75, 3.05) is 24.8 Å². The van der Waals surface area contributed by atoms with E-state index in [2.05, 4.69) is 10.3 Å². The van der Waals surface area contributed by atoms with Crippen molar-refractivity contribution in [1.29, 1.82) is 0 Å². The zero-order valence-electron chi connectivity index (χ0n) is 17.1. The van der Waals surface area contributed by atoms with E-state index in [4.69, 9.17) is 15.2 Å². The number of nitrogens with two attached hydrogens (primary N) is 1. The average molecular weight is 435 g/mol. The van der Waals surface area contributed by atoms with Crippen molar-refractivity contribution >= 4 is 40.6 Å². The van der Waals surface area contributed by atoms with E-state index < -0.39 is 7.37 Å². The Morgan fingerprint density at radius 1 is 1.00 bits per heavy atom. The van der Waals surface area contributed by atoms with Crippen molar-refractivity contribution in [3.63, 3.8) is 0 Å². The monoisotopic (exact) mass is 435 g/mol. The van der Waals surface area contributed by atoms with Crippen molar-refractivity contribution in [3.05, 3.63) is 72.9 Å². The molecular formula is C23H22N3O4P. The van der Waals surface area contributed by atoms with Gasteiger partial charge >= 0.3 is 0 Å². The van der Waals surface area contributed by atoms with Gasteiger partial charge in [0.05, 0.1) is 12.4 Å². The van der Waals surface area contributed by atoms with Gasteiger partial charge in [0.2, 0.25) is 7.37 Å². The van der Waals surface area contributed by atoms with E-state index in [1.54, 1.807) is 36.5 Å². The highest BCUT2D eigenvalue weighted by atomic mass is 31.2. The van der Waals surface area contributed by atoms with Crippen LogP contribution in [-0.4, -0.2) is 23.7 Å². The van der Waals surface area contributed by atoms with Gasteiger partial charge in [-0.15, -0.1) is 0 Å². The standard InChI is InChI=1S/C23H22N3O4P/c1-29-21-13-15(7-10-22(21)31(2,27)28)26-23-14-16(11-12-25-23)30-20-9-8-19(24)17-5-3-4-6-18(17)20/h3-14H,24H2,1-2H3,(H,25,26)(H,27,28). The highest BCUT2D eigenvalue weighted by molar-refractivity contribution is 7.65.